The quantitative estimate of drug-likeness (QED) is 0.584. The molecule has 25 heavy (non-hydrogen) atoms. The van der Waals surface area contributed by atoms with Gasteiger partial charge in [-0.3, -0.25) is 10.1 Å². The van der Waals surface area contributed by atoms with Gasteiger partial charge in [0.15, 0.2) is 0 Å². The molecular formula is C19H28N2O4. The molecule has 0 bridgehead atoms. The third kappa shape index (κ3) is 4.37. The SMILES string of the molecule is O=[N+]([O-])c1ccccc1CC1CCCC1NCC1(CO)CCOCC1. The summed E-state index contributed by atoms with van der Waals surface area (Å²) in [6.45, 7) is 2.41. The number of nitro groups is 1. The van der Waals surface area contributed by atoms with Crippen molar-refractivity contribution in [2.24, 2.45) is 11.3 Å². The minimum absolute atomic E-state index is 0.0792. The number of nitro benzene ring substituents is 1. The predicted octanol–water partition coefficient (Wildman–Crippen LogP) is 2.68. The van der Waals surface area contributed by atoms with E-state index < -0.39 is 0 Å². The number of aliphatic hydroxyl groups is 1. The summed E-state index contributed by atoms with van der Waals surface area (Å²) in [5.41, 5.74) is 0.975. The normalized spacial score (nSPS) is 25.8. The number of nitrogens with one attached hydrogen (secondary N) is 1. The number of nitrogens with zero attached hydrogens (tertiary/aromatic N) is 1. The van der Waals surface area contributed by atoms with Crippen LogP contribution in [-0.4, -0.2) is 42.4 Å². The smallest absolute Gasteiger partial charge is 0.272 e. The van der Waals surface area contributed by atoms with Gasteiger partial charge in [0.25, 0.3) is 5.69 Å². The summed E-state index contributed by atoms with van der Waals surface area (Å²) in [5, 5.41) is 24.8. The maximum atomic E-state index is 11.2. The lowest BCUT2D eigenvalue weighted by Crippen LogP contribution is -2.46. The molecule has 0 spiro atoms. The van der Waals surface area contributed by atoms with Crippen molar-refractivity contribution < 1.29 is 14.8 Å². The van der Waals surface area contributed by atoms with E-state index >= 15 is 0 Å². The number of aliphatic hydroxyl groups excluding tert-OH is 1. The van der Waals surface area contributed by atoms with Crippen LogP contribution in [0.1, 0.15) is 37.7 Å². The lowest BCUT2D eigenvalue weighted by atomic mass is 9.80. The van der Waals surface area contributed by atoms with E-state index in [0.717, 1.165) is 50.6 Å². The van der Waals surface area contributed by atoms with Crippen molar-refractivity contribution in [1.29, 1.82) is 0 Å². The molecule has 1 aromatic rings. The van der Waals surface area contributed by atoms with E-state index in [1.165, 1.54) is 0 Å². The lowest BCUT2D eigenvalue weighted by molar-refractivity contribution is -0.385. The first-order valence-electron chi connectivity index (χ1n) is 9.28. The third-order valence-electron chi connectivity index (χ3n) is 5.96. The highest BCUT2D eigenvalue weighted by Crippen LogP contribution is 2.34. The Morgan fingerprint density at radius 3 is 2.76 bits per heavy atom. The molecule has 2 N–H and O–H groups in total. The van der Waals surface area contributed by atoms with E-state index in [0.29, 0.717) is 25.2 Å². The lowest BCUT2D eigenvalue weighted by Gasteiger charge is -2.37. The molecule has 1 saturated heterocycles. The average Bonchev–Trinajstić information content (AvgIpc) is 3.08. The van der Waals surface area contributed by atoms with E-state index in [9.17, 15) is 15.2 Å². The standard InChI is InChI=1S/C19H28N2O4/c22-14-19(8-10-25-11-9-19)13-20-17-6-3-5-15(17)12-16-4-1-2-7-18(16)21(23)24/h1-2,4,7,15,17,20,22H,3,5-6,8-14H2. The Labute approximate surface area is 148 Å². The summed E-state index contributed by atoms with van der Waals surface area (Å²) in [6.07, 6.45) is 5.86. The van der Waals surface area contributed by atoms with Gasteiger partial charge in [0.05, 0.1) is 11.5 Å². The van der Waals surface area contributed by atoms with Crippen LogP contribution in [-0.2, 0) is 11.2 Å². The van der Waals surface area contributed by atoms with Gasteiger partial charge >= 0.3 is 0 Å². The second-order valence-corrected chi connectivity index (χ2v) is 7.54. The Morgan fingerprint density at radius 2 is 2.04 bits per heavy atom. The maximum Gasteiger partial charge on any atom is 0.272 e. The summed E-state index contributed by atoms with van der Waals surface area (Å²) >= 11 is 0. The molecule has 138 valence electrons. The van der Waals surface area contributed by atoms with Crippen molar-refractivity contribution in [2.45, 2.75) is 44.6 Å². The largest absolute Gasteiger partial charge is 0.396 e. The second kappa shape index (κ2) is 8.25. The number of benzene rings is 1. The molecule has 2 aliphatic rings. The fourth-order valence-corrected chi connectivity index (χ4v) is 4.24. The van der Waals surface area contributed by atoms with Gasteiger partial charge in [0, 0.05) is 42.8 Å². The minimum atomic E-state index is -0.282. The Bertz CT molecular complexity index is 587. The van der Waals surface area contributed by atoms with Gasteiger partial charge in [-0.05, 0) is 38.0 Å². The molecule has 1 aromatic carbocycles. The molecule has 3 rings (SSSR count). The summed E-state index contributed by atoms with van der Waals surface area (Å²) in [7, 11) is 0. The Morgan fingerprint density at radius 1 is 1.28 bits per heavy atom. The molecule has 1 aliphatic heterocycles. The first-order chi connectivity index (χ1) is 12.1. The Balaban J connectivity index is 1.62. The van der Waals surface area contributed by atoms with Crippen LogP contribution >= 0.6 is 0 Å². The van der Waals surface area contributed by atoms with E-state index in [1.54, 1.807) is 12.1 Å². The van der Waals surface area contributed by atoms with Gasteiger partial charge in [0.1, 0.15) is 0 Å². The van der Waals surface area contributed by atoms with Crippen molar-refractivity contribution in [1.82, 2.24) is 5.32 Å². The number of rotatable bonds is 7. The highest BCUT2D eigenvalue weighted by molar-refractivity contribution is 5.40. The van der Waals surface area contributed by atoms with Crippen molar-refractivity contribution in [3.63, 3.8) is 0 Å². The van der Waals surface area contributed by atoms with Crippen LogP contribution in [0.4, 0.5) is 5.69 Å². The molecular weight excluding hydrogens is 320 g/mol. The molecule has 2 atom stereocenters. The summed E-state index contributed by atoms with van der Waals surface area (Å²) in [4.78, 5) is 11.0. The summed E-state index contributed by atoms with van der Waals surface area (Å²) < 4.78 is 5.43. The topological polar surface area (TPSA) is 84.6 Å². The van der Waals surface area contributed by atoms with Gasteiger partial charge in [0.2, 0.25) is 0 Å². The molecule has 2 unspecified atom stereocenters. The number of ether oxygens (including phenoxy) is 1. The van der Waals surface area contributed by atoms with E-state index in [2.05, 4.69) is 5.32 Å². The van der Waals surface area contributed by atoms with E-state index in [1.807, 2.05) is 12.1 Å². The fraction of sp³-hybridized carbons (Fsp3) is 0.684. The van der Waals surface area contributed by atoms with Gasteiger partial charge in [-0.1, -0.05) is 24.6 Å². The molecule has 1 aliphatic carbocycles. The van der Waals surface area contributed by atoms with Crippen molar-refractivity contribution in [3.05, 3.63) is 39.9 Å². The summed E-state index contributed by atoms with van der Waals surface area (Å²) in [6, 6.07) is 7.44. The third-order valence-corrected chi connectivity index (χ3v) is 5.96. The molecule has 0 aromatic heterocycles. The molecule has 1 saturated carbocycles. The molecule has 0 amide bonds. The number of hydrogen-bond donors (Lipinski definition) is 2. The van der Waals surface area contributed by atoms with Crippen LogP contribution < -0.4 is 5.32 Å². The number of hydrogen-bond acceptors (Lipinski definition) is 5. The van der Waals surface area contributed by atoms with Crippen LogP contribution in [0.3, 0.4) is 0 Å². The van der Waals surface area contributed by atoms with Crippen molar-refractivity contribution in [2.75, 3.05) is 26.4 Å². The first kappa shape index (κ1) is 18.3. The fourth-order valence-electron chi connectivity index (χ4n) is 4.24. The zero-order valence-electron chi connectivity index (χ0n) is 14.7. The zero-order chi connectivity index (χ0) is 17.7. The van der Waals surface area contributed by atoms with Gasteiger partial charge in [-0.2, -0.15) is 0 Å². The highest BCUT2D eigenvalue weighted by atomic mass is 16.6. The van der Waals surface area contributed by atoms with E-state index in [-0.39, 0.29) is 22.6 Å². The highest BCUT2D eigenvalue weighted by Gasteiger charge is 2.35. The monoisotopic (exact) mass is 348 g/mol. The predicted molar refractivity (Wildman–Crippen MR) is 95.5 cm³/mol. The van der Waals surface area contributed by atoms with Crippen LogP contribution in [0.5, 0.6) is 0 Å². The molecule has 1 heterocycles. The molecule has 6 nitrogen and oxygen atoms in total. The minimum Gasteiger partial charge on any atom is -0.396 e. The molecule has 0 radical (unpaired) electrons. The van der Waals surface area contributed by atoms with Crippen molar-refractivity contribution in [3.8, 4) is 0 Å². The van der Waals surface area contributed by atoms with Crippen LogP contribution in [0.25, 0.3) is 0 Å². The van der Waals surface area contributed by atoms with Gasteiger partial charge in [-0.25, -0.2) is 0 Å². The van der Waals surface area contributed by atoms with E-state index in [4.69, 9.17) is 4.74 Å². The maximum absolute atomic E-state index is 11.2. The van der Waals surface area contributed by atoms with Crippen LogP contribution in [0, 0.1) is 21.4 Å². The second-order valence-electron chi connectivity index (χ2n) is 7.54. The first-order valence-corrected chi connectivity index (χ1v) is 9.28. The zero-order valence-corrected chi connectivity index (χ0v) is 14.7. The Hall–Kier alpha value is -1.50. The Kier molecular flexibility index (Phi) is 6.04. The van der Waals surface area contributed by atoms with Crippen molar-refractivity contribution >= 4 is 5.69 Å². The van der Waals surface area contributed by atoms with Gasteiger partial charge < -0.3 is 15.2 Å². The van der Waals surface area contributed by atoms with Crippen LogP contribution in [0.15, 0.2) is 24.3 Å². The average molecular weight is 348 g/mol. The molecule has 2 fully saturated rings. The number of para-hydroxylation sites is 1. The molecule has 6 heteroatoms. The van der Waals surface area contributed by atoms with Crippen LogP contribution in [0.2, 0.25) is 0 Å². The summed E-state index contributed by atoms with van der Waals surface area (Å²) in [5.74, 6) is 0.414. The van der Waals surface area contributed by atoms with Gasteiger partial charge in [-0.15, -0.1) is 0 Å².